The van der Waals surface area contributed by atoms with Crippen molar-refractivity contribution in [2.45, 2.75) is 27.7 Å². The van der Waals surface area contributed by atoms with Gasteiger partial charge in [-0.2, -0.15) is 0 Å². The molecule has 0 heterocycles. The van der Waals surface area contributed by atoms with E-state index in [2.05, 4.69) is 5.32 Å². The summed E-state index contributed by atoms with van der Waals surface area (Å²) in [4.78, 5) is 12.0. The summed E-state index contributed by atoms with van der Waals surface area (Å²) in [6.45, 7) is 9.65. The van der Waals surface area contributed by atoms with Crippen LogP contribution in [0.3, 0.4) is 0 Å². The molecule has 1 rings (SSSR count). The fourth-order valence-electron chi connectivity index (χ4n) is 1.60. The molecule has 0 saturated carbocycles. The van der Waals surface area contributed by atoms with Crippen LogP contribution in [0.5, 0.6) is 5.75 Å². The highest BCUT2D eigenvalue weighted by Gasteiger charge is 2.17. The molecule has 0 spiro atoms. The summed E-state index contributed by atoms with van der Waals surface area (Å²) in [6.07, 6.45) is 0. The number of carbonyl (C=O) groups excluding carboxylic acids is 1. The summed E-state index contributed by atoms with van der Waals surface area (Å²) in [7, 11) is 0. The Bertz CT molecular complexity index is 442. The van der Waals surface area contributed by atoms with Crippen LogP contribution in [0, 0.1) is 12.3 Å². The molecule has 1 aromatic carbocycles. The van der Waals surface area contributed by atoms with Crippen molar-refractivity contribution in [2.24, 2.45) is 11.1 Å². The molecular weight excluding hydrogens is 240 g/mol. The number of benzene rings is 1. The maximum atomic E-state index is 12.0. The zero-order valence-electron chi connectivity index (χ0n) is 12.2. The molecule has 0 fully saturated rings. The van der Waals surface area contributed by atoms with E-state index in [1.807, 2.05) is 39.8 Å². The number of rotatable bonds is 6. The molecule has 19 heavy (non-hydrogen) atoms. The molecule has 0 saturated heterocycles. The van der Waals surface area contributed by atoms with Crippen LogP contribution in [0.4, 0.5) is 0 Å². The van der Waals surface area contributed by atoms with E-state index in [9.17, 15) is 4.79 Å². The van der Waals surface area contributed by atoms with E-state index in [1.165, 1.54) is 0 Å². The minimum Gasteiger partial charge on any atom is -0.494 e. The van der Waals surface area contributed by atoms with Gasteiger partial charge in [0, 0.05) is 12.1 Å². The number of carbonyl (C=O) groups is 1. The van der Waals surface area contributed by atoms with Crippen molar-refractivity contribution in [3.05, 3.63) is 29.3 Å². The second-order valence-corrected chi connectivity index (χ2v) is 5.46. The van der Waals surface area contributed by atoms with E-state index in [1.54, 1.807) is 6.07 Å². The Kier molecular flexibility index (Phi) is 5.36. The van der Waals surface area contributed by atoms with Gasteiger partial charge in [0.2, 0.25) is 0 Å². The second kappa shape index (κ2) is 6.57. The van der Waals surface area contributed by atoms with Crippen LogP contribution in [-0.2, 0) is 0 Å². The molecule has 0 aromatic heterocycles. The number of hydrogen-bond acceptors (Lipinski definition) is 3. The highest BCUT2D eigenvalue weighted by atomic mass is 16.5. The van der Waals surface area contributed by atoms with Gasteiger partial charge in [-0.15, -0.1) is 0 Å². The fourth-order valence-corrected chi connectivity index (χ4v) is 1.60. The first-order chi connectivity index (χ1) is 8.89. The molecule has 0 aliphatic heterocycles. The summed E-state index contributed by atoms with van der Waals surface area (Å²) >= 11 is 0. The number of hydrogen-bond donors (Lipinski definition) is 2. The standard InChI is InChI=1S/C15H24N2O2/c1-5-19-13-7-6-12(8-11(13)2)14(18)17-10-15(3,4)9-16/h6-8H,5,9-10,16H2,1-4H3,(H,17,18). The largest absolute Gasteiger partial charge is 0.494 e. The van der Waals surface area contributed by atoms with Crippen LogP contribution in [0.2, 0.25) is 0 Å². The number of ether oxygens (including phenoxy) is 1. The molecule has 1 amide bonds. The molecule has 0 aliphatic carbocycles. The minimum atomic E-state index is -0.0873. The Balaban J connectivity index is 2.70. The second-order valence-electron chi connectivity index (χ2n) is 5.46. The normalized spacial score (nSPS) is 11.2. The highest BCUT2D eigenvalue weighted by molar-refractivity contribution is 5.94. The first-order valence-corrected chi connectivity index (χ1v) is 6.61. The topological polar surface area (TPSA) is 64.3 Å². The third-order valence-corrected chi connectivity index (χ3v) is 3.02. The van der Waals surface area contributed by atoms with Crippen LogP contribution in [-0.4, -0.2) is 25.6 Å². The molecule has 0 radical (unpaired) electrons. The Morgan fingerprint density at radius 2 is 2.11 bits per heavy atom. The van der Waals surface area contributed by atoms with Gasteiger partial charge < -0.3 is 15.8 Å². The quantitative estimate of drug-likeness (QED) is 0.827. The Morgan fingerprint density at radius 3 is 2.63 bits per heavy atom. The van der Waals surface area contributed by atoms with E-state index in [4.69, 9.17) is 10.5 Å². The number of nitrogens with one attached hydrogen (secondary N) is 1. The molecular formula is C15H24N2O2. The summed E-state index contributed by atoms with van der Waals surface area (Å²) < 4.78 is 5.45. The summed E-state index contributed by atoms with van der Waals surface area (Å²) in [5.74, 6) is 0.744. The van der Waals surface area contributed by atoms with E-state index in [0.717, 1.165) is 11.3 Å². The van der Waals surface area contributed by atoms with E-state index >= 15 is 0 Å². The third kappa shape index (κ3) is 4.56. The average Bonchev–Trinajstić information content (AvgIpc) is 2.38. The van der Waals surface area contributed by atoms with Crippen molar-refractivity contribution in [1.82, 2.24) is 5.32 Å². The van der Waals surface area contributed by atoms with Crippen molar-refractivity contribution in [3.8, 4) is 5.75 Å². The van der Waals surface area contributed by atoms with Gasteiger partial charge in [0.05, 0.1) is 6.61 Å². The molecule has 106 valence electrons. The van der Waals surface area contributed by atoms with Crippen LogP contribution < -0.4 is 15.8 Å². The van der Waals surface area contributed by atoms with Crippen LogP contribution in [0.25, 0.3) is 0 Å². The lowest BCUT2D eigenvalue weighted by atomic mass is 9.94. The molecule has 0 unspecified atom stereocenters. The van der Waals surface area contributed by atoms with Crippen molar-refractivity contribution in [3.63, 3.8) is 0 Å². The van der Waals surface area contributed by atoms with Crippen LogP contribution >= 0.6 is 0 Å². The number of nitrogens with two attached hydrogens (primary N) is 1. The Hall–Kier alpha value is -1.55. The van der Waals surface area contributed by atoms with Crippen LogP contribution in [0.1, 0.15) is 36.7 Å². The Labute approximate surface area is 115 Å². The van der Waals surface area contributed by atoms with Crippen molar-refractivity contribution >= 4 is 5.91 Å². The van der Waals surface area contributed by atoms with Gasteiger partial charge in [-0.05, 0) is 49.6 Å². The lowest BCUT2D eigenvalue weighted by Crippen LogP contribution is -2.38. The summed E-state index contributed by atoms with van der Waals surface area (Å²) in [6, 6.07) is 5.46. The van der Waals surface area contributed by atoms with Crippen molar-refractivity contribution in [1.29, 1.82) is 0 Å². The van der Waals surface area contributed by atoms with Gasteiger partial charge in [0.1, 0.15) is 5.75 Å². The van der Waals surface area contributed by atoms with Crippen molar-refractivity contribution in [2.75, 3.05) is 19.7 Å². The predicted octanol–water partition coefficient (Wildman–Crippen LogP) is 2.11. The molecule has 0 aliphatic rings. The lowest BCUT2D eigenvalue weighted by molar-refractivity contribution is 0.0938. The van der Waals surface area contributed by atoms with Gasteiger partial charge in [-0.1, -0.05) is 13.8 Å². The fraction of sp³-hybridized carbons (Fsp3) is 0.533. The maximum absolute atomic E-state index is 12.0. The summed E-state index contributed by atoms with van der Waals surface area (Å²) in [5, 5.41) is 2.91. The van der Waals surface area contributed by atoms with Gasteiger partial charge in [0.15, 0.2) is 0 Å². The molecule has 0 atom stereocenters. The minimum absolute atomic E-state index is 0.0762. The molecule has 0 bridgehead atoms. The maximum Gasteiger partial charge on any atom is 0.251 e. The van der Waals surface area contributed by atoms with Crippen molar-refractivity contribution < 1.29 is 9.53 Å². The molecule has 4 nitrogen and oxygen atoms in total. The van der Waals surface area contributed by atoms with Crippen LogP contribution in [0.15, 0.2) is 18.2 Å². The average molecular weight is 264 g/mol. The zero-order chi connectivity index (χ0) is 14.5. The third-order valence-electron chi connectivity index (χ3n) is 3.02. The van der Waals surface area contributed by atoms with Gasteiger partial charge in [0.25, 0.3) is 5.91 Å². The van der Waals surface area contributed by atoms with Gasteiger partial charge in [-0.25, -0.2) is 0 Å². The van der Waals surface area contributed by atoms with E-state index in [-0.39, 0.29) is 11.3 Å². The SMILES string of the molecule is CCOc1ccc(C(=O)NCC(C)(C)CN)cc1C. The summed E-state index contributed by atoms with van der Waals surface area (Å²) in [5.41, 5.74) is 7.17. The molecule has 4 heteroatoms. The number of aryl methyl sites for hydroxylation is 1. The monoisotopic (exact) mass is 264 g/mol. The van der Waals surface area contributed by atoms with Gasteiger partial charge >= 0.3 is 0 Å². The molecule has 3 N–H and O–H groups in total. The number of amides is 1. The predicted molar refractivity (Wildman–Crippen MR) is 77.5 cm³/mol. The van der Waals surface area contributed by atoms with E-state index < -0.39 is 0 Å². The zero-order valence-corrected chi connectivity index (χ0v) is 12.2. The first-order valence-electron chi connectivity index (χ1n) is 6.61. The first kappa shape index (κ1) is 15.5. The highest BCUT2D eigenvalue weighted by Crippen LogP contribution is 2.19. The molecule has 1 aromatic rings. The lowest BCUT2D eigenvalue weighted by Gasteiger charge is -2.22. The Morgan fingerprint density at radius 1 is 1.42 bits per heavy atom. The van der Waals surface area contributed by atoms with E-state index in [0.29, 0.717) is 25.3 Å². The smallest absolute Gasteiger partial charge is 0.251 e. The van der Waals surface area contributed by atoms with Gasteiger partial charge in [-0.3, -0.25) is 4.79 Å².